The molecule has 0 aliphatic heterocycles. The van der Waals surface area contributed by atoms with Crippen LogP contribution in [0.5, 0.6) is 5.75 Å². The van der Waals surface area contributed by atoms with Crippen LogP contribution in [0.2, 0.25) is 0 Å². The SMILES string of the molecule is Cc1c(C(=O)Nc2ccc(OCC(F)(F)F)c(C#N)c2)cnn1C. The average molecular weight is 338 g/mol. The van der Waals surface area contributed by atoms with Gasteiger partial charge in [0, 0.05) is 18.4 Å². The summed E-state index contributed by atoms with van der Waals surface area (Å²) in [6.45, 7) is 0.221. The number of aryl methyl sites for hydroxylation is 1. The molecule has 1 N–H and O–H groups in total. The molecule has 0 spiro atoms. The largest absolute Gasteiger partial charge is 0.483 e. The summed E-state index contributed by atoms with van der Waals surface area (Å²) < 4.78 is 42.7. The van der Waals surface area contributed by atoms with Gasteiger partial charge in [-0.05, 0) is 25.1 Å². The first-order valence-electron chi connectivity index (χ1n) is 6.75. The lowest BCUT2D eigenvalue weighted by Gasteiger charge is -2.11. The maximum absolute atomic E-state index is 12.2. The minimum atomic E-state index is -4.50. The van der Waals surface area contributed by atoms with Crippen LogP contribution >= 0.6 is 0 Å². The van der Waals surface area contributed by atoms with Crippen molar-refractivity contribution in [2.24, 2.45) is 7.05 Å². The summed E-state index contributed by atoms with van der Waals surface area (Å²) in [5, 5.41) is 15.6. The lowest BCUT2D eigenvalue weighted by molar-refractivity contribution is -0.153. The second-order valence-corrected chi connectivity index (χ2v) is 4.95. The van der Waals surface area contributed by atoms with Crippen molar-refractivity contribution in [2.45, 2.75) is 13.1 Å². The van der Waals surface area contributed by atoms with E-state index in [1.807, 2.05) is 0 Å². The van der Waals surface area contributed by atoms with Gasteiger partial charge in [0.25, 0.3) is 5.91 Å². The molecule has 0 aliphatic rings. The van der Waals surface area contributed by atoms with E-state index in [-0.39, 0.29) is 17.0 Å². The monoisotopic (exact) mass is 338 g/mol. The van der Waals surface area contributed by atoms with E-state index in [1.165, 1.54) is 29.1 Å². The number of hydrogen-bond donors (Lipinski definition) is 1. The zero-order valence-corrected chi connectivity index (χ0v) is 12.8. The molecule has 1 amide bonds. The Bertz CT molecular complexity index is 806. The molecule has 1 heterocycles. The van der Waals surface area contributed by atoms with Gasteiger partial charge in [-0.2, -0.15) is 23.5 Å². The third-order valence-electron chi connectivity index (χ3n) is 3.23. The molecule has 0 radical (unpaired) electrons. The Hall–Kier alpha value is -3.02. The highest BCUT2D eigenvalue weighted by Crippen LogP contribution is 2.25. The van der Waals surface area contributed by atoms with Crippen LogP contribution < -0.4 is 10.1 Å². The molecule has 2 rings (SSSR count). The number of ether oxygens (including phenoxy) is 1. The maximum atomic E-state index is 12.2. The van der Waals surface area contributed by atoms with Crippen molar-refractivity contribution in [1.29, 1.82) is 5.26 Å². The smallest absolute Gasteiger partial charge is 0.422 e. The summed E-state index contributed by atoms with van der Waals surface area (Å²) >= 11 is 0. The molecule has 0 saturated carbocycles. The van der Waals surface area contributed by atoms with Gasteiger partial charge < -0.3 is 10.1 Å². The molecule has 2 aromatic rings. The van der Waals surface area contributed by atoms with E-state index in [9.17, 15) is 18.0 Å². The number of nitriles is 1. The zero-order chi connectivity index (χ0) is 17.9. The van der Waals surface area contributed by atoms with Crippen molar-refractivity contribution in [3.05, 3.63) is 41.2 Å². The van der Waals surface area contributed by atoms with E-state index in [0.717, 1.165) is 0 Å². The van der Waals surface area contributed by atoms with Crippen LogP contribution in [-0.4, -0.2) is 28.5 Å². The number of amides is 1. The van der Waals surface area contributed by atoms with Gasteiger partial charge in [0.1, 0.15) is 11.8 Å². The average Bonchev–Trinajstić information content (AvgIpc) is 2.84. The van der Waals surface area contributed by atoms with Gasteiger partial charge in [0.05, 0.1) is 17.3 Å². The van der Waals surface area contributed by atoms with Gasteiger partial charge in [0.15, 0.2) is 6.61 Å². The Kier molecular flexibility index (Phi) is 4.78. The molecular weight excluding hydrogens is 325 g/mol. The fourth-order valence-corrected chi connectivity index (χ4v) is 1.90. The van der Waals surface area contributed by atoms with Crippen LogP contribution in [0.3, 0.4) is 0 Å². The molecule has 0 fully saturated rings. The van der Waals surface area contributed by atoms with Gasteiger partial charge in [-0.25, -0.2) is 0 Å². The maximum Gasteiger partial charge on any atom is 0.422 e. The molecule has 6 nitrogen and oxygen atoms in total. The summed E-state index contributed by atoms with van der Waals surface area (Å²) in [5.74, 6) is -0.640. The van der Waals surface area contributed by atoms with E-state index >= 15 is 0 Å². The lowest BCUT2D eigenvalue weighted by atomic mass is 10.2. The fraction of sp³-hybridized carbons (Fsp3) is 0.267. The Balaban J connectivity index is 2.16. The normalized spacial score (nSPS) is 11.0. The second kappa shape index (κ2) is 6.62. The van der Waals surface area contributed by atoms with Crippen molar-refractivity contribution in [3.8, 4) is 11.8 Å². The van der Waals surface area contributed by atoms with E-state index in [2.05, 4.69) is 15.2 Å². The van der Waals surface area contributed by atoms with Crippen LogP contribution in [0.25, 0.3) is 0 Å². The van der Waals surface area contributed by atoms with Gasteiger partial charge in [-0.3, -0.25) is 9.48 Å². The number of nitrogens with zero attached hydrogens (tertiary/aromatic N) is 3. The third-order valence-corrected chi connectivity index (χ3v) is 3.23. The third kappa shape index (κ3) is 4.04. The van der Waals surface area contributed by atoms with Gasteiger partial charge in [-0.1, -0.05) is 0 Å². The number of anilines is 1. The van der Waals surface area contributed by atoms with Crippen molar-refractivity contribution >= 4 is 11.6 Å². The number of carbonyl (C=O) groups excluding carboxylic acids is 1. The number of hydrogen-bond acceptors (Lipinski definition) is 4. The molecule has 126 valence electrons. The molecule has 1 aromatic carbocycles. The summed E-state index contributed by atoms with van der Waals surface area (Å²) in [6.07, 6.45) is -3.10. The van der Waals surface area contributed by atoms with E-state index in [4.69, 9.17) is 5.26 Å². The number of carbonyl (C=O) groups is 1. The molecular formula is C15H13F3N4O2. The lowest BCUT2D eigenvalue weighted by Crippen LogP contribution is -2.19. The zero-order valence-electron chi connectivity index (χ0n) is 12.8. The van der Waals surface area contributed by atoms with E-state index in [1.54, 1.807) is 20.0 Å². The standard InChI is InChI=1S/C15H13F3N4O2/c1-9-12(7-20-22(9)2)14(23)21-11-3-4-13(10(5-11)6-19)24-8-15(16,17)18/h3-5,7H,8H2,1-2H3,(H,21,23). The Morgan fingerprint density at radius 3 is 2.71 bits per heavy atom. The molecule has 0 aliphatic carbocycles. The number of aromatic nitrogens is 2. The molecule has 0 atom stereocenters. The first kappa shape index (κ1) is 17.3. The summed E-state index contributed by atoms with van der Waals surface area (Å²) in [5.41, 5.74) is 1.16. The molecule has 0 unspecified atom stereocenters. The predicted octanol–water partition coefficient (Wildman–Crippen LogP) is 2.79. The van der Waals surface area contributed by atoms with E-state index in [0.29, 0.717) is 11.3 Å². The summed E-state index contributed by atoms with van der Waals surface area (Å²) in [7, 11) is 1.69. The Morgan fingerprint density at radius 1 is 1.46 bits per heavy atom. The van der Waals surface area contributed by atoms with E-state index < -0.39 is 18.7 Å². The summed E-state index contributed by atoms with van der Waals surface area (Å²) in [4.78, 5) is 12.2. The van der Waals surface area contributed by atoms with Crippen molar-refractivity contribution in [3.63, 3.8) is 0 Å². The molecule has 24 heavy (non-hydrogen) atoms. The minimum Gasteiger partial charge on any atom is -0.483 e. The molecule has 0 bridgehead atoms. The van der Waals surface area contributed by atoms with Crippen LogP contribution in [0.15, 0.2) is 24.4 Å². The minimum absolute atomic E-state index is 0.111. The Labute approximate surface area is 135 Å². The van der Waals surface area contributed by atoms with Gasteiger partial charge in [0.2, 0.25) is 0 Å². The molecule has 0 saturated heterocycles. The second-order valence-electron chi connectivity index (χ2n) is 4.95. The number of alkyl halides is 3. The Morgan fingerprint density at radius 2 is 2.17 bits per heavy atom. The van der Waals surface area contributed by atoms with Crippen LogP contribution in [0, 0.1) is 18.3 Å². The highest BCUT2D eigenvalue weighted by molar-refractivity contribution is 6.05. The van der Waals surface area contributed by atoms with Crippen LogP contribution in [0.1, 0.15) is 21.6 Å². The highest BCUT2D eigenvalue weighted by atomic mass is 19.4. The van der Waals surface area contributed by atoms with Crippen LogP contribution in [-0.2, 0) is 7.05 Å². The summed E-state index contributed by atoms with van der Waals surface area (Å²) in [6, 6.07) is 5.55. The first-order valence-corrected chi connectivity index (χ1v) is 6.75. The number of halogens is 3. The van der Waals surface area contributed by atoms with Crippen molar-refractivity contribution in [1.82, 2.24) is 9.78 Å². The topological polar surface area (TPSA) is 79.9 Å². The van der Waals surface area contributed by atoms with Crippen molar-refractivity contribution < 1.29 is 22.7 Å². The first-order chi connectivity index (χ1) is 11.2. The van der Waals surface area contributed by atoms with Gasteiger partial charge >= 0.3 is 6.18 Å². The van der Waals surface area contributed by atoms with Crippen LogP contribution in [0.4, 0.5) is 18.9 Å². The number of nitrogens with one attached hydrogen (secondary N) is 1. The highest BCUT2D eigenvalue weighted by Gasteiger charge is 2.29. The van der Waals surface area contributed by atoms with Crippen molar-refractivity contribution in [2.75, 3.05) is 11.9 Å². The van der Waals surface area contributed by atoms with Gasteiger partial charge in [-0.15, -0.1) is 0 Å². The molecule has 1 aromatic heterocycles. The fourth-order valence-electron chi connectivity index (χ4n) is 1.90. The predicted molar refractivity (Wildman–Crippen MR) is 78.6 cm³/mol. The number of benzene rings is 1. The number of rotatable bonds is 4. The molecule has 9 heteroatoms. The quantitative estimate of drug-likeness (QED) is 0.930.